The molecule has 0 saturated heterocycles. The molecule has 1 amide bonds. The van der Waals surface area contributed by atoms with E-state index >= 15 is 0 Å². The number of aromatic nitrogens is 2. The predicted molar refractivity (Wildman–Crippen MR) is 76.2 cm³/mol. The molecule has 0 spiro atoms. The highest BCUT2D eigenvalue weighted by Gasteiger charge is 2.31. The van der Waals surface area contributed by atoms with Gasteiger partial charge in [-0.15, -0.1) is 0 Å². The van der Waals surface area contributed by atoms with Crippen LogP contribution in [0, 0.1) is 0 Å². The second kappa shape index (κ2) is 7.40. The summed E-state index contributed by atoms with van der Waals surface area (Å²) >= 11 is 0. The number of ether oxygens (including phenoxy) is 1. The van der Waals surface area contributed by atoms with E-state index < -0.39 is 0 Å². The molecule has 0 bridgehead atoms. The van der Waals surface area contributed by atoms with E-state index in [9.17, 15) is 4.79 Å². The summed E-state index contributed by atoms with van der Waals surface area (Å²) < 4.78 is 6.83. The van der Waals surface area contributed by atoms with Crippen molar-refractivity contribution in [2.24, 2.45) is 0 Å². The van der Waals surface area contributed by atoms with Gasteiger partial charge in [-0.2, -0.15) is 0 Å². The van der Waals surface area contributed by atoms with Crippen LogP contribution in [0.25, 0.3) is 0 Å². The lowest BCUT2D eigenvalue weighted by molar-refractivity contribution is -0.132. The van der Waals surface area contributed by atoms with Gasteiger partial charge in [-0.1, -0.05) is 0 Å². The molecule has 112 valence electrons. The van der Waals surface area contributed by atoms with E-state index in [1.807, 2.05) is 22.6 Å². The van der Waals surface area contributed by atoms with Crippen LogP contribution in [0.5, 0.6) is 0 Å². The Bertz CT molecular complexity index is 429. The summed E-state index contributed by atoms with van der Waals surface area (Å²) in [6.07, 6.45) is 5.96. The average molecular weight is 280 g/mol. The molecule has 6 nitrogen and oxygen atoms in total. The summed E-state index contributed by atoms with van der Waals surface area (Å²) in [6, 6.07) is 0.478. The Morgan fingerprint density at radius 1 is 1.60 bits per heavy atom. The number of carbonyl (C=O) groups excluding carboxylic acids is 1. The third kappa shape index (κ3) is 4.31. The van der Waals surface area contributed by atoms with E-state index in [1.54, 1.807) is 13.4 Å². The monoisotopic (exact) mass is 280 g/mol. The third-order valence-electron chi connectivity index (χ3n) is 3.44. The van der Waals surface area contributed by atoms with Gasteiger partial charge in [0.05, 0.1) is 18.6 Å². The molecule has 0 atom stereocenters. The second-order valence-electron chi connectivity index (χ2n) is 5.12. The fraction of sp³-hybridized carbons (Fsp3) is 0.714. The number of rotatable bonds is 9. The van der Waals surface area contributed by atoms with Crippen molar-refractivity contribution in [3.63, 3.8) is 0 Å². The summed E-state index contributed by atoms with van der Waals surface area (Å²) in [5.74, 6) is 0.186. The van der Waals surface area contributed by atoms with Gasteiger partial charge in [0.1, 0.15) is 6.54 Å². The van der Waals surface area contributed by atoms with Crippen LogP contribution in [0.3, 0.4) is 0 Å². The van der Waals surface area contributed by atoms with Crippen LogP contribution in [0.15, 0.2) is 12.5 Å². The standard InChI is InChI=1S/C14H24N4O2/c1-3-18(13-4-5-13)14(19)10-17-9-12(16-11-17)8-15-6-7-20-2/h9,11,13,15H,3-8,10H2,1-2H3. The normalized spacial score (nSPS) is 14.5. The molecule has 1 fully saturated rings. The molecular formula is C14H24N4O2. The first-order valence-electron chi connectivity index (χ1n) is 7.24. The van der Waals surface area contributed by atoms with Gasteiger partial charge < -0.3 is 19.5 Å². The lowest BCUT2D eigenvalue weighted by Gasteiger charge is -2.20. The van der Waals surface area contributed by atoms with Gasteiger partial charge in [-0.3, -0.25) is 4.79 Å². The molecule has 1 N–H and O–H groups in total. The fourth-order valence-electron chi connectivity index (χ4n) is 2.25. The summed E-state index contributed by atoms with van der Waals surface area (Å²) in [5, 5.41) is 3.24. The maximum atomic E-state index is 12.2. The summed E-state index contributed by atoms with van der Waals surface area (Å²) in [6.45, 7) is 5.40. The molecule has 1 aromatic heterocycles. The molecule has 0 aliphatic heterocycles. The molecule has 0 radical (unpaired) electrons. The van der Waals surface area contributed by atoms with Crippen molar-refractivity contribution >= 4 is 5.91 Å². The number of carbonyl (C=O) groups is 1. The molecule has 6 heteroatoms. The first-order valence-corrected chi connectivity index (χ1v) is 7.24. The number of imidazole rings is 1. The highest BCUT2D eigenvalue weighted by atomic mass is 16.5. The SMILES string of the molecule is CCN(C(=O)Cn1cnc(CNCCOC)c1)C1CC1. The Hall–Kier alpha value is -1.40. The molecule has 2 rings (SSSR count). The highest BCUT2D eigenvalue weighted by molar-refractivity contribution is 5.76. The zero-order valence-electron chi connectivity index (χ0n) is 12.3. The van der Waals surface area contributed by atoms with E-state index in [0.29, 0.717) is 25.7 Å². The third-order valence-corrected chi connectivity index (χ3v) is 3.44. The van der Waals surface area contributed by atoms with Crippen molar-refractivity contribution in [2.45, 2.75) is 38.9 Å². The Kier molecular flexibility index (Phi) is 5.55. The number of hydrogen-bond acceptors (Lipinski definition) is 4. The van der Waals surface area contributed by atoms with E-state index in [4.69, 9.17) is 4.74 Å². The number of nitrogens with zero attached hydrogens (tertiary/aromatic N) is 3. The van der Waals surface area contributed by atoms with Crippen LogP contribution in [0.2, 0.25) is 0 Å². The van der Waals surface area contributed by atoms with Crippen LogP contribution in [-0.4, -0.2) is 53.2 Å². The van der Waals surface area contributed by atoms with Crippen LogP contribution >= 0.6 is 0 Å². The lowest BCUT2D eigenvalue weighted by atomic mass is 10.4. The molecule has 1 heterocycles. The van der Waals surface area contributed by atoms with Crippen molar-refractivity contribution in [1.29, 1.82) is 0 Å². The first-order chi connectivity index (χ1) is 9.74. The van der Waals surface area contributed by atoms with Gasteiger partial charge in [0.25, 0.3) is 0 Å². The minimum atomic E-state index is 0.186. The minimum Gasteiger partial charge on any atom is -0.383 e. The number of amides is 1. The average Bonchev–Trinajstić information content (AvgIpc) is 3.16. The smallest absolute Gasteiger partial charge is 0.242 e. The van der Waals surface area contributed by atoms with E-state index in [0.717, 1.165) is 31.6 Å². The maximum absolute atomic E-state index is 12.2. The number of nitrogens with one attached hydrogen (secondary N) is 1. The molecule has 1 aliphatic rings. The quantitative estimate of drug-likeness (QED) is 0.674. The highest BCUT2D eigenvalue weighted by Crippen LogP contribution is 2.26. The molecular weight excluding hydrogens is 256 g/mol. The van der Waals surface area contributed by atoms with Gasteiger partial charge in [0, 0.05) is 39.0 Å². The molecule has 20 heavy (non-hydrogen) atoms. The van der Waals surface area contributed by atoms with Crippen molar-refractivity contribution in [2.75, 3.05) is 26.8 Å². The lowest BCUT2D eigenvalue weighted by Crippen LogP contribution is -2.35. The number of methoxy groups -OCH3 is 1. The zero-order chi connectivity index (χ0) is 14.4. The van der Waals surface area contributed by atoms with Crippen molar-refractivity contribution in [1.82, 2.24) is 19.8 Å². The van der Waals surface area contributed by atoms with Crippen LogP contribution in [0.4, 0.5) is 0 Å². The summed E-state index contributed by atoms with van der Waals surface area (Å²) in [7, 11) is 1.68. The molecule has 1 saturated carbocycles. The largest absolute Gasteiger partial charge is 0.383 e. The minimum absolute atomic E-state index is 0.186. The van der Waals surface area contributed by atoms with Gasteiger partial charge in [0.2, 0.25) is 5.91 Å². The maximum Gasteiger partial charge on any atom is 0.242 e. The Balaban J connectivity index is 1.78. The number of likely N-dealkylation sites (N-methyl/N-ethyl adjacent to an activating group) is 1. The van der Waals surface area contributed by atoms with Gasteiger partial charge in [-0.05, 0) is 19.8 Å². The van der Waals surface area contributed by atoms with Crippen LogP contribution in [-0.2, 0) is 22.6 Å². The summed E-state index contributed by atoms with van der Waals surface area (Å²) in [5.41, 5.74) is 0.948. The Labute approximate surface area is 120 Å². The number of hydrogen-bond donors (Lipinski definition) is 1. The fourth-order valence-corrected chi connectivity index (χ4v) is 2.25. The van der Waals surface area contributed by atoms with Gasteiger partial charge in [0.15, 0.2) is 0 Å². The van der Waals surface area contributed by atoms with Crippen molar-refractivity contribution in [3.8, 4) is 0 Å². The predicted octanol–water partition coefficient (Wildman–Crippen LogP) is 0.630. The molecule has 0 aromatic carbocycles. The van der Waals surface area contributed by atoms with Crippen molar-refractivity contribution < 1.29 is 9.53 Å². The van der Waals surface area contributed by atoms with Gasteiger partial charge >= 0.3 is 0 Å². The van der Waals surface area contributed by atoms with E-state index in [-0.39, 0.29) is 5.91 Å². The van der Waals surface area contributed by atoms with Gasteiger partial charge in [-0.25, -0.2) is 4.98 Å². The molecule has 0 unspecified atom stereocenters. The second-order valence-corrected chi connectivity index (χ2v) is 5.12. The van der Waals surface area contributed by atoms with Crippen LogP contribution < -0.4 is 5.32 Å². The van der Waals surface area contributed by atoms with E-state index in [2.05, 4.69) is 10.3 Å². The van der Waals surface area contributed by atoms with E-state index in [1.165, 1.54) is 0 Å². The van der Waals surface area contributed by atoms with Crippen molar-refractivity contribution in [3.05, 3.63) is 18.2 Å². The Morgan fingerprint density at radius 2 is 2.40 bits per heavy atom. The zero-order valence-corrected chi connectivity index (χ0v) is 12.3. The summed E-state index contributed by atoms with van der Waals surface area (Å²) in [4.78, 5) is 18.4. The van der Waals surface area contributed by atoms with Crippen LogP contribution in [0.1, 0.15) is 25.5 Å². The first kappa shape index (κ1) is 15.0. The Morgan fingerprint density at radius 3 is 3.05 bits per heavy atom. The molecule has 1 aromatic rings. The topological polar surface area (TPSA) is 59.4 Å². The molecule has 1 aliphatic carbocycles.